The van der Waals surface area contributed by atoms with E-state index in [1.165, 1.54) is 19.2 Å². The fraction of sp³-hybridized carbons (Fsp3) is 0.375. The van der Waals surface area contributed by atoms with E-state index in [9.17, 15) is 14.2 Å². The first-order valence-corrected chi connectivity index (χ1v) is 9.43. The molecule has 27 heavy (non-hydrogen) atoms. The SMILES string of the molecule is COC(=O)Cc1cc(=O)oc2cc(OCCC(N)COP(=O)(O)O)ccc12. The second kappa shape index (κ2) is 9.12. The maximum atomic E-state index is 11.7. The first-order chi connectivity index (χ1) is 12.7. The van der Waals surface area contributed by atoms with Crippen LogP contribution in [0.2, 0.25) is 0 Å². The summed E-state index contributed by atoms with van der Waals surface area (Å²) < 4.78 is 30.2. The number of methoxy groups -OCH3 is 1. The highest BCUT2D eigenvalue weighted by atomic mass is 31.2. The first-order valence-electron chi connectivity index (χ1n) is 7.90. The summed E-state index contributed by atoms with van der Waals surface area (Å²) in [7, 11) is -3.29. The molecule has 1 heterocycles. The molecule has 1 atom stereocenters. The van der Waals surface area contributed by atoms with E-state index in [0.717, 1.165) is 0 Å². The molecule has 148 valence electrons. The number of hydrogen-bond donors (Lipinski definition) is 3. The highest BCUT2D eigenvalue weighted by molar-refractivity contribution is 7.46. The summed E-state index contributed by atoms with van der Waals surface area (Å²) in [5, 5.41) is 0.582. The monoisotopic (exact) mass is 401 g/mol. The van der Waals surface area contributed by atoms with E-state index in [1.807, 2.05) is 0 Å². The van der Waals surface area contributed by atoms with Crippen molar-refractivity contribution in [2.75, 3.05) is 20.3 Å². The van der Waals surface area contributed by atoms with Gasteiger partial charge in [0.05, 0.1) is 26.7 Å². The van der Waals surface area contributed by atoms with Crippen LogP contribution in [-0.2, 0) is 25.0 Å². The molecule has 0 fully saturated rings. The van der Waals surface area contributed by atoms with Crippen molar-refractivity contribution in [1.82, 2.24) is 0 Å². The van der Waals surface area contributed by atoms with Crippen molar-refractivity contribution in [2.24, 2.45) is 5.73 Å². The Balaban J connectivity index is 2.03. The summed E-state index contributed by atoms with van der Waals surface area (Å²) in [4.78, 5) is 40.4. The Labute approximate surface area is 154 Å². The predicted molar refractivity (Wildman–Crippen MR) is 94.3 cm³/mol. The quantitative estimate of drug-likeness (QED) is 0.310. The highest BCUT2D eigenvalue weighted by Gasteiger charge is 2.16. The number of hydrogen-bond acceptors (Lipinski definition) is 8. The molecule has 11 heteroatoms. The second-order valence-corrected chi connectivity index (χ2v) is 6.92. The normalized spacial score (nSPS) is 12.7. The number of fused-ring (bicyclic) bond motifs is 1. The Hall–Kier alpha value is -2.23. The molecule has 0 aliphatic heterocycles. The molecule has 0 spiro atoms. The Kier molecular flexibility index (Phi) is 7.11. The maximum Gasteiger partial charge on any atom is 0.469 e. The number of esters is 1. The third-order valence-corrected chi connectivity index (χ3v) is 4.06. The lowest BCUT2D eigenvalue weighted by Crippen LogP contribution is -2.27. The lowest BCUT2D eigenvalue weighted by molar-refractivity contribution is -0.139. The van der Waals surface area contributed by atoms with Crippen LogP contribution in [0.3, 0.4) is 0 Å². The Bertz CT molecular complexity index is 904. The summed E-state index contributed by atoms with van der Waals surface area (Å²) >= 11 is 0. The van der Waals surface area contributed by atoms with Crippen molar-refractivity contribution in [1.29, 1.82) is 0 Å². The third-order valence-electron chi connectivity index (χ3n) is 3.58. The molecule has 10 nitrogen and oxygen atoms in total. The number of carbonyl (C=O) groups is 1. The number of ether oxygens (including phenoxy) is 2. The van der Waals surface area contributed by atoms with Gasteiger partial charge in [-0.25, -0.2) is 9.36 Å². The van der Waals surface area contributed by atoms with E-state index in [2.05, 4.69) is 9.26 Å². The van der Waals surface area contributed by atoms with Crippen molar-refractivity contribution in [3.8, 4) is 5.75 Å². The molecule has 0 aliphatic carbocycles. The molecule has 4 N–H and O–H groups in total. The van der Waals surface area contributed by atoms with Gasteiger partial charge in [0, 0.05) is 23.6 Å². The van der Waals surface area contributed by atoms with Gasteiger partial charge in [-0.05, 0) is 24.1 Å². The van der Waals surface area contributed by atoms with Crippen LogP contribution in [0.5, 0.6) is 5.75 Å². The van der Waals surface area contributed by atoms with E-state index >= 15 is 0 Å². The molecule has 0 bridgehead atoms. The molecule has 0 aliphatic rings. The molecule has 1 aromatic heterocycles. The maximum absolute atomic E-state index is 11.7. The van der Waals surface area contributed by atoms with Crippen molar-refractivity contribution in [3.05, 3.63) is 40.2 Å². The first kappa shape index (κ1) is 21.1. The fourth-order valence-corrected chi connectivity index (χ4v) is 2.66. The van der Waals surface area contributed by atoms with E-state index in [1.54, 1.807) is 12.1 Å². The fourth-order valence-electron chi connectivity index (χ4n) is 2.28. The van der Waals surface area contributed by atoms with Crippen molar-refractivity contribution in [2.45, 2.75) is 18.9 Å². The number of rotatable bonds is 9. The minimum absolute atomic E-state index is 0.0623. The van der Waals surface area contributed by atoms with Crippen LogP contribution in [0, 0.1) is 0 Å². The Morgan fingerprint density at radius 1 is 1.33 bits per heavy atom. The molecule has 2 rings (SSSR count). The molecule has 2 aromatic rings. The molecule has 0 saturated carbocycles. The molecule has 0 amide bonds. The molecule has 0 saturated heterocycles. The van der Waals surface area contributed by atoms with Crippen LogP contribution in [0.1, 0.15) is 12.0 Å². The average molecular weight is 401 g/mol. The van der Waals surface area contributed by atoms with Gasteiger partial charge >= 0.3 is 19.4 Å². The van der Waals surface area contributed by atoms with Crippen LogP contribution in [0.25, 0.3) is 11.0 Å². The van der Waals surface area contributed by atoms with Crippen LogP contribution >= 0.6 is 7.82 Å². The molecular weight excluding hydrogens is 381 g/mol. The zero-order chi connectivity index (χ0) is 20.0. The molecule has 1 unspecified atom stereocenters. The van der Waals surface area contributed by atoms with Gasteiger partial charge < -0.3 is 29.4 Å². The number of phosphoric ester groups is 1. The highest BCUT2D eigenvalue weighted by Crippen LogP contribution is 2.35. The number of nitrogens with two attached hydrogens (primary N) is 1. The summed E-state index contributed by atoms with van der Waals surface area (Å²) in [6.07, 6.45) is 0.220. The summed E-state index contributed by atoms with van der Waals surface area (Å²) in [5.41, 5.74) is 5.82. The van der Waals surface area contributed by atoms with E-state index < -0.39 is 25.5 Å². The van der Waals surface area contributed by atoms with Gasteiger partial charge in [-0.15, -0.1) is 0 Å². The minimum Gasteiger partial charge on any atom is -0.493 e. The standard InChI is InChI=1S/C16H20NO9P/c1-23-15(18)6-10-7-16(19)26-14-8-12(2-3-13(10)14)24-5-4-11(17)9-25-27(20,21)22/h2-3,7-8,11H,4-6,9,17H2,1H3,(H2,20,21,22). The zero-order valence-corrected chi connectivity index (χ0v) is 15.4. The van der Waals surface area contributed by atoms with Gasteiger partial charge in [-0.1, -0.05) is 0 Å². The molecule has 0 radical (unpaired) electrons. The van der Waals surface area contributed by atoms with Crippen molar-refractivity contribution < 1.29 is 37.6 Å². The smallest absolute Gasteiger partial charge is 0.469 e. The summed E-state index contributed by atoms with van der Waals surface area (Å²) in [6.45, 7) is -0.152. The third kappa shape index (κ3) is 6.78. The Morgan fingerprint density at radius 2 is 2.07 bits per heavy atom. The van der Waals surface area contributed by atoms with Crippen LogP contribution in [-0.4, -0.2) is 42.1 Å². The van der Waals surface area contributed by atoms with Gasteiger partial charge in [0.2, 0.25) is 0 Å². The second-order valence-electron chi connectivity index (χ2n) is 5.69. The molecular formula is C16H20NO9P. The van der Waals surface area contributed by atoms with Crippen molar-refractivity contribution in [3.63, 3.8) is 0 Å². The van der Waals surface area contributed by atoms with E-state index in [0.29, 0.717) is 16.7 Å². The van der Waals surface area contributed by atoms with Crippen LogP contribution in [0.15, 0.2) is 33.5 Å². The van der Waals surface area contributed by atoms with Crippen molar-refractivity contribution >= 4 is 24.8 Å². The Morgan fingerprint density at radius 3 is 2.74 bits per heavy atom. The number of benzene rings is 1. The lowest BCUT2D eigenvalue weighted by Gasteiger charge is -2.13. The number of carbonyl (C=O) groups excluding carboxylic acids is 1. The van der Waals surface area contributed by atoms with Crippen LogP contribution in [0.4, 0.5) is 0 Å². The van der Waals surface area contributed by atoms with Gasteiger partial charge in [0.25, 0.3) is 0 Å². The largest absolute Gasteiger partial charge is 0.493 e. The molecule has 1 aromatic carbocycles. The summed E-state index contributed by atoms with van der Waals surface area (Å²) in [5.74, 6) is -0.0716. The predicted octanol–water partition coefficient (Wildman–Crippen LogP) is 0.714. The van der Waals surface area contributed by atoms with Gasteiger partial charge in [0.1, 0.15) is 11.3 Å². The average Bonchev–Trinajstić information content (AvgIpc) is 2.58. The topological polar surface area (TPSA) is 159 Å². The van der Waals surface area contributed by atoms with Gasteiger partial charge in [0.15, 0.2) is 0 Å². The van der Waals surface area contributed by atoms with Crippen LogP contribution < -0.4 is 16.1 Å². The zero-order valence-electron chi connectivity index (χ0n) is 14.5. The van der Waals surface area contributed by atoms with Gasteiger partial charge in [-0.3, -0.25) is 9.32 Å². The van der Waals surface area contributed by atoms with E-state index in [4.69, 9.17) is 24.7 Å². The lowest BCUT2D eigenvalue weighted by atomic mass is 10.1. The summed E-state index contributed by atoms with van der Waals surface area (Å²) in [6, 6.07) is 5.42. The van der Waals surface area contributed by atoms with Gasteiger partial charge in [-0.2, -0.15) is 0 Å². The number of phosphoric acid groups is 1. The minimum atomic E-state index is -4.56. The van der Waals surface area contributed by atoms with E-state index in [-0.39, 0.29) is 31.6 Å².